The molecule has 0 saturated carbocycles. The first-order valence-corrected chi connectivity index (χ1v) is 8.07. The fourth-order valence-electron chi connectivity index (χ4n) is 2.36. The van der Waals surface area contributed by atoms with E-state index in [4.69, 9.17) is 16.3 Å². The van der Waals surface area contributed by atoms with Gasteiger partial charge in [0.15, 0.2) is 11.4 Å². The van der Waals surface area contributed by atoms with Crippen LogP contribution >= 0.6 is 11.6 Å². The largest absolute Gasteiger partial charge is 0.454 e. The van der Waals surface area contributed by atoms with E-state index in [1.807, 2.05) is 0 Å². The Hall–Kier alpha value is -3.00. The molecule has 0 saturated heterocycles. The van der Waals surface area contributed by atoms with E-state index >= 15 is 0 Å². The summed E-state index contributed by atoms with van der Waals surface area (Å²) in [5.74, 6) is -0.375. The summed E-state index contributed by atoms with van der Waals surface area (Å²) in [6.07, 6.45) is -3.74. The third-order valence-electron chi connectivity index (χ3n) is 3.53. The topological polar surface area (TPSA) is 56.2 Å². The van der Waals surface area contributed by atoms with Crippen LogP contribution in [0.15, 0.2) is 54.7 Å². The lowest BCUT2D eigenvalue weighted by Crippen LogP contribution is -2.18. The second-order valence-corrected chi connectivity index (χ2v) is 5.95. The van der Waals surface area contributed by atoms with Gasteiger partial charge in [0, 0.05) is 13.2 Å². The van der Waals surface area contributed by atoms with E-state index in [2.05, 4.69) is 10.4 Å². The number of nitrogens with one attached hydrogen (secondary N) is 1. The fraction of sp³-hybridized carbons (Fsp3) is 0.111. The number of carbonyl (C=O) groups excluding carboxylic acids is 1. The molecule has 0 aliphatic rings. The van der Waals surface area contributed by atoms with Crippen LogP contribution in [0.5, 0.6) is 11.5 Å². The number of para-hydroxylation sites is 3. The average molecular weight is 396 g/mol. The molecule has 1 N–H and O–H groups in total. The molecule has 0 bridgehead atoms. The van der Waals surface area contributed by atoms with E-state index < -0.39 is 23.3 Å². The molecular formula is C18H13ClF3N3O2. The second kappa shape index (κ2) is 7.32. The second-order valence-electron chi connectivity index (χ2n) is 5.55. The molecule has 27 heavy (non-hydrogen) atoms. The van der Waals surface area contributed by atoms with Gasteiger partial charge in [0.1, 0.15) is 5.75 Å². The normalized spacial score (nSPS) is 11.3. The fourth-order valence-corrected chi connectivity index (χ4v) is 2.53. The standard InChI is InChI=1S/C18H13ClF3N3O2/c1-25-10-11(16(24-25)18(20,21)22)17(26)23-13-7-3-5-9-15(13)27-14-8-4-2-6-12(14)19/h2-10H,1H3,(H,23,26). The Kier molecular flexibility index (Phi) is 5.09. The molecule has 9 heteroatoms. The van der Waals surface area contributed by atoms with Crippen molar-refractivity contribution in [1.29, 1.82) is 0 Å². The van der Waals surface area contributed by atoms with Gasteiger partial charge in [0.25, 0.3) is 5.91 Å². The summed E-state index contributed by atoms with van der Waals surface area (Å²) in [6, 6.07) is 13.0. The molecule has 140 valence electrons. The lowest BCUT2D eigenvalue weighted by atomic mass is 10.2. The lowest BCUT2D eigenvalue weighted by Gasteiger charge is -2.13. The number of benzene rings is 2. The van der Waals surface area contributed by atoms with Crippen LogP contribution < -0.4 is 10.1 Å². The molecule has 0 spiro atoms. The molecule has 0 atom stereocenters. The Bertz CT molecular complexity index is 986. The molecule has 1 amide bonds. The van der Waals surface area contributed by atoms with Gasteiger partial charge in [0.05, 0.1) is 16.3 Å². The number of anilines is 1. The molecule has 2 aromatic carbocycles. The maximum absolute atomic E-state index is 13.1. The molecule has 3 aromatic rings. The maximum Gasteiger partial charge on any atom is 0.435 e. The van der Waals surface area contributed by atoms with Gasteiger partial charge in [-0.05, 0) is 24.3 Å². The Morgan fingerprint density at radius 2 is 1.74 bits per heavy atom. The van der Waals surface area contributed by atoms with Crippen molar-refractivity contribution < 1.29 is 22.7 Å². The number of ether oxygens (including phenoxy) is 1. The Labute approximate surface area is 157 Å². The molecule has 3 rings (SSSR count). The lowest BCUT2D eigenvalue weighted by molar-refractivity contribution is -0.141. The Morgan fingerprint density at radius 1 is 1.11 bits per heavy atom. The quantitative estimate of drug-likeness (QED) is 0.665. The number of aromatic nitrogens is 2. The number of nitrogens with zero attached hydrogens (tertiary/aromatic N) is 2. The number of hydrogen-bond donors (Lipinski definition) is 1. The van der Waals surface area contributed by atoms with Crippen molar-refractivity contribution in [3.8, 4) is 11.5 Å². The van der Waals surface area contributed by atoms with Crippen LogP contribution in [-0.4, -0.2) is 15.7 Å². The third-order valence-corrected chi connectivity index (χ3v) is 3.85. The van der Waals surface area contributed by atoms with E-state index in [9.17, 15) is 18.0 Å². The molecule has 0 aliphatic carbocycles. The minimum atomic E-state index is -4.75. The van der Waals surface area contributed by atoms with Gasteiger partial charge in [-0.25, -0.2) is 0 Å². The molecule has 1 heterocycles. The number of aryl methyl sites for hydroxylation is 1. The van der Waals surface area contributed by atoms with Gasteiger partial charge >= 0.3 is 6.18 Å². The van der Waals surface area contributed by atoms with E-state index in [-0.39, 0.29) is 11.4 Å². The van der Waals surface area contributed by atoms with Crippen molar-refractivity contribution in [2.45, 2.75) is 6.18 Å². The molecule has 0 aliphatic heterocycles. The van der Waals surface area contributed by atoms with Crippen molar-refractivity contribution in [2.75, 3.05) is 5.32 Å². The predicted molar refractivity (Wildman–Crippen MR) is 94.1 cm³/mol. The van der Waals surface area contributed by atoms with Crippen molar-refractivity contribution >= 4 is 23.2 Å². The molecule has 0 radical (unpaired) electrons. The SMILES string of the molecule is Cn1cc(C(=O)Nc2ccccc2Oc2ccccc2Cl)c(C(F)(F)F)n1. The highest BCUT2D eigenvalue weighted by molar-refractivity contribution is 6.32. The van der Waals surface area contributed by atoms with Gasteiger partial charge in [0.2, 0.25) is 0 Å². The molecule has 0 fully saturated rings. The van der Waals surface area contributed by atoms with Gasteiger partial charge in [-0.1, -0.05) is 35.9 Å². The number of amides is 1. The summed E-state index contributed by atoms with van der Waals surface area (Å²) in [7, 11) is 1.31. The highest BCUT2D eigenvalue weighted by atomic mass is 35.5. The minimum Gasteiger partial charge on any atom is -0.454 e. The monoisotopic (exact) mass is 395 g/mol. The average Bonchev–Trinajstić information content (AvgIpc) is 3.01. The van der Waals surface area contributed by atoms with E-state index in [1.165, 1.54) is 13.1 Å². The van der Waals surface area contributed by atoms with Crippen molar-refractivity contribution in [3.05, 3.63) is 71.0 Å². The summed E-state index contributed by atoms with van der Waals surface area (Å²) < 4.78 is 45.9. The summed E-state index contributed by atoms with van der Waals surface area (Å²) in [5.41, 5.74) is -1.65. The number of halogens is 4. The van der Waals surface area contributed by atoms with Crippen LogP contribution in [0.1, 0.15) is 16.1 Å². The van der Waals surface area contributed by atoms with Crippen LogP contribution in [0, 0.1) is 0 Å². The number of rotatable bonds is 4. The predicted octanol–water partition coefficient (Wildman–Crippen LogP) is 5.14. The summed E-state index contributed by atoms with van der Waals surface area (Å²) in [4.78, 5) is 12.4. The van der Waals surface area contributed by atoms with Crippen LogP contribution in [0.4, 0.5) is 18.9 Å². The van der Waals surface area contributed by atoms with Crippen LogP contribution in [0.2, 0.25) is 5.02 Å². The summed E-state index contributed by atoms with van der Waals surface area (Å²) in [5, 5.41) is 6.11. The van der Waals surface area contributed by atoms with Crippen molar-refractivity contribution in [3.63, 3.8) is 0 Å². The first-order valence-electron chi connectivity index (χ1n) is 7.69. The van der Waals surface area contributed by atoms with E-state index in [1.54, 1.807) is 42.5 Å². The number of alkyl halides is 3. The molecule has 5 nitrogen and oxygen atoms in total. The minimum absolute atomic E-state index is 0.194. The smallest absolute Gasteiger partial charge is 0.435 e. The highest BCUT2D eigenvalue weighted by Crippen LogP contribution is 2.35. The first-order chi connectivity index (χ1) is 12.8. The zero-order valence-electron chi connectivity index (χ0n) is 13.9. The summed E-state index contributed by atoms with van der Waals surface area (Å²) >= 11 is 6.05. The summed E-state index contributed by atoms with van der Waals surface area (Å²) in [6.45, 7) is 0. The first kappa shape index (κ1) is 18.8. The van der Waals surface area contributed by atoms with Gasteiger partial charge in [-0.2, -0.15) is 18.3 Å². The van der Waals surface area contributed by atoms with E-state index in [0.29, 0.717) is 10.8 Å². The third kappa shape index (κ3) is 4.22. The molecule has 0 unspecified atom stereocenters. The maximum atomic E-state index is 13.1. The Balaban J connectivity index is 1.89. The van der Waals surface area contributed by atoms with Crippen LogP contribution in [-0.2, 0) is 13.2 Å². The van der Waals surface area contributed by atoms with Gasteiger partial charge in [-0.15, -0.1) is 0 Å². The van der Waals surface area contributed by atoms with E-state index in [0.717, 1.165) is 10.9 Å². The number of hydrogen-bond acceptors (Lipinski definition) is 3. The Morgan fingerprint density at radius 3 is 2.41 bits per heavy atom. The highest BCUT2D eigenvalue weighted by Gasteiger charge is 2.39. The molecular weight excluding hydrogens is 383 g/mol. The van der Waals surface area contributed by atoms with Crippen LogP contribution in [0.3, 0.4) is 0 Å². The van der Waals surface area contributed by atoms with Gasteiger partial charge in [-0.3, -0.25) is 9.48 Å². The zero-order valence-corrected chi connectivity index (χ0v) is 14.7. The van der Waals surface area contributed by atoms with Crippen molar-refractivity contribution in [1.82, 2.24) is 9.78 Å². The molecule has 1 aromatic heterocycles. The van der Waals surface area contributed by atoms with Crippen LogP contribution in [0.25, 0.3) is 0 Å². The van der Waals surface area contributed by atoms with Crippen molar-refractivity contribution in [2.24, 2.45) is 7.05 Å². The zero-order chi connectivity index (χ0) is 19.6. The number of carbonyl (C=O) groups is 1. The van der Waals surface area contributed by atoms with Gasteiger partial charge < -0.3 is 10.1 Å².